The molecule has 112 valence electrons. The second kappa shape index (κ2) is 8.25. The Labute approximate surface area is 121 Å². The van der Waals surface area contributed by atoms with E-state index in [4.69, 9.17) is 9.47 Å². The first-order chi connectivity index (χ1) is 9.79. The zero-order valence-electron chi connectivity index (χ0n) is 12.2. The zero-order valence-corrected chi connectivity index (χ0v) is 12.2. The van der Waals surface area contributed by atoms with E-state index in [-0.39, 0.29) is 0 Å². The average molecular weight is 279 g/mol. The molecule has 2 rings (SSSR count). The van der Waals surface area contributed by atoms with Gasteiger partial charge in [-0.25, -0.2) is 0 Å². The van der Waals surface area contributed by atoms with Gasteiger partial charge >= 0.3 is 0 Å². The van der Waals surface area contributed by atoms with Crippen LogP contribution in [0.4, 0.5) is 5.69 Å². The third-order valence-corrected chi connectivity index (χ3v) is 3.48. The lowest BCUT2D eigenvalue weighted by atomic mass is 10.1. The summed E-state index contributed by atoms with van der Waals surface area (Å²) in [5.74, 6) is 0.741. The molecule has 1 aromatic carbocycles. The number of methoxy groups -OCH3 is 1. The van der Waals surface area contributed by atoms with Crippen molar-refractivity contribution in [2.75, 3.05) is 38.8 Å². The summed E-state index contributed by atoms with van der Waals surface area (Å²) in [5.41, 5.74) is 2.27. The Morgan fingerprint density at radius 3 is 2.90 bits per heavy atom. The van der Waals surface area contributed by atoms with Gasteiger partial charge in [0, 0.05) is 25.9 Å². The van der Waals surface area contributed by atoms with Crippen LogP contribution in [-0.4, -0.2) is 44.7 Å². The molecule has 1 fully saturated rings. The summed E-state index contributed by atoms with van der Waals surface area (Å²) in [7, 11) is 1.71. The zero-order chi connectivity index (χ0) is 14.2. The van der Waals surface area contributed by atoms with Gasteiger partial charge in [0.25, 0.3) is 0 Å². The molecule has 0 bridgehead atoms. The lowest BCUT2D eigenvalue weighted by Gasteiger charge is -2.15. The number of hydrogen-bond acceptors (Lipinski definition) is 4. The first-order valence-electron chi connectivity index (χ1n) is 7.36. The minimum absolute atomic E-state index is 0.406. The summed E-state index contributed by atoms with van der Waals surface area (Å²) < 4.78 is 10.6. The van der Waals surface area contributed by atoms with Crippen LogP contribution in [0.15, 0.2) is 24.3 Å². The molecule has 4 nitrogen and oxygen atoms in total. The average Bonchev–Trinajstić information content (AvgIpc) is 3.28. The van der Waals surface area contributed by atoms with Crippen molar-refractivity contribution >= 4 is 5.69 Å². The molecule has 0 heterocycles. The summed E-state index contributed by atoms with van der Waals surface area (Å²) in [6, 6.07) is 8.13. The number of anilines is 1. The van der Waals surface area contributed by atoms with E-state index in [1.54, 1.807) is 7.11 Å². The van der Waals surface area contributed by atoms with E-state index < -0.39 is 6.10 Å². The van der Waals surface area contributed by atoms with Gasteiger partial charge in [-0.15, -0.1) is 0 Å². The number of ether oxygens (including phenoxy) is 2. The standard InChI is InChI=1S/C16H25NO3/c1-19-9-8-14-4-2-3-5-16(14)17-10-15(18)12-20-11-13-6-7-13/h2-5,13,15,17-18H,6-12H2,1H3. The number of para-hydroxylation sites is 1. The maximum absolute atomic E-state index is 9.90. The van der Waals surface area contributed by atoms with E-state index in [0.29, 0.717) is 19.8 Å². The monoisotopic (exact) mass is 279 g/mol. The summed E-state index contributed by atoms with van der Waals surface area (Å²) >= 11 is 0. The van der Waals surface area contributed by atoms with Gasteiger partial charge in [0.05, 0.1) is 19.3 Å². The molecular weight excluding hydrogens is 254 g/mol. The molecule has 1 atom stereocenters. The predicted octanol–water partition coefficient (Wildman–Crippen LogP) is 2.07. The topological polar surface area (TPSA) is 50.7 Å². The van der Waals surface area contributed by atoms with Crippen molar-refractivity contribution in [1.29, 1.82) is 0 Å². The molecule has 1 aliphatic carbocycles. The molecule has 0 saturated heterocycles. The van der Waals surface area contributed by atoms with Gasteiger partial charge in [-0.05, 0) is 36.8 Å². The lowest BCUT2D eigenvalue weighted by molar-refractivity contribution is 0.0386. The smallest absolute Gasteiger partial charge is 0.0945 e. The molecule has 4 heteroatoms. The number of aliphatic hydroxyl groups excluding tert-OH is 1. The van der Waals surface area contributed by atoms with Crippen LogP contribution >= 0.6 is 0 Å². The van der Waals surface area contributed by atoms with Gasteiger partial charge in [0.15, 0.2) is 0 Å². The Balaban J connectivity index is 1.71. The van der Waals surface area contributed by atoms with Crippen LogP contribution in [-0.2, 0) is 15.9 Å². The van der Waals surface area contributed by atoms with Crippen molar-refractivity contribution in [3.8, 4) is 0 Å². The normalized spacial score (nSPS) is 16.1. The van der Waals surface area contributed by atoms with Gasteiger partial charge in [0.1, 0.15) is 0 Å². The van der Waals surface area contributed by atoms with E-state index in [1.807, 2.05) is 18.2 Å². The highest BCUT2D eigenvalue weighted by Gasteiger charge is 2.21. The number of aliphatic hydroxyl groups is 1. The van der Waals surface area contributed by atoms with E-state index >= 15 is 0 Å². The Bertz CT molecular complexity index is 393. The van der Waals surface area contributed by atoms with Crippen LogP contribution in [0.5, 0.6) is 0 Å². The first-order valence-corrected chi connectivity index (χ1v) is 7.36. The van der Waals surface area contributed by atoms with Crippen LogP contribution in [0.25, 0.3) is 0 Å². The molecule has 0 aromatic heterocycles. The van der Waals surface area contributed by atoms with Crippen LogP contribution in [0.3, 0.4) is 0 Å². The Morgan fingerprint density at radius 2 is 2.15 bits per heavy atom. The Kier molecular flexibility index (Phi) is 6.30. The predicted molar refractivity (Wildman–Crippen MR) is 80.1 cm³/mol. The largest absolute Gasteiger partial charge is 0.389 e. The minimum Gasteiger partial charge on any atom is -0.389 e. The minimum atomic E-state index is -0.468. The molecule has 20 heavy (non-hydrogen) atoms. The van der Waals surface area contributed by atoms with Crippen molar-refractivity contribution in [1.82, 2.24) is 0 Å². The third kappa shape index (κ3) is 5.49. The second-order valence-corrected chi connectivity index (χ2v) is 5.42. The molecule has 0 spiro atoms. The lowest BCUT2D eigenvalue weighted by Crippen LogP contribution is -2.25. The number of hydrogen-bond donors (Lipinski definition) is 2. The molecule has 1 aliphatic rings. The van der Waals surface area contributed by atoms with Gasteiger partial charge in [-0.3, -0.25) is 0 Å². The highest BCUT2D eigenvalue weighted by atomic mass is 16.5. The summed E-state index contributed by atoms with van der Waals surface area (Å²) in [6.07, 6.45) is 2.96. The van der Waals surface area contributed by atoms with Crippen molar-refractivity contribution in [2.24, 2.45) is 5.92 Å². The van der Waals surface area contributed by atoms with Crippen molar-refractivity contribution in [3.05, 3.63) is 29.8 Å². The molecule has 1 aromatic rings. The maximum Gasteiger partial charge on any atom is 0.0945 e. The van der Waals surface area contributed by atoms with Crippen LogP contribution < -0.4 is 5.32 Å². The van der Waals surface area contributed by atoms with Crippen molar-refractivity contribution < 1.29 is 14.6 Å². The fourth-order valence-electron chi connectivity index (χ4n) is 2.06. The van der Waals surface area contributed by atoms with E-state index in [9.17, 15) is 5.11 Å². The van der Waals surface area contributed by atoms with Crippen molar-refractivity contribution in [2.45, 2.75) is 25.4 Å². The summed E-state index contributed by atoms with van der Waals surface area (Å²) in [6.45, 7) is 2.41. The van der Waals surface area contributed by atoms with E-state index in [1.165, 1.54) is 18.4 Å². The fourth-order valence-corrected chi connectivity index (χ4v) is 2.06. The maximum atomic E-state index is 9.90. The molecule has 2 N–H and O–H groups in total. The van der Waals surface area contributed by atoms with Crippen LogP contribution in [0.2, 0.25) is 0 Å². The SMILES string of the molecule is COCCc1ccccc1NCC(O)COCC1CC1. The number of benzene rings is 1. The quantitative estimate of drug-likeness (QED) is 0.688. The molecule has 0 amide bonds. The van der Waals surface area contributed by atoms with Gasteiger partial charge in [-0.1, -0.05) is 18.2 Å². The Morgan fingerprint density at radius 1 is 1.35 bits per heavy atom. The molecule has 0 radical (unpaired) electrons. The van der Waals surface area contributed by atoms with Gasteiger partial charge in [0.2, 0.25) is 0 Å². The highest BCUT2D eigenvalue weighted by Crippen LogP contribution is 2.28. The van der Waals surface area contributed by atoms with E-state index in [2.05, 4.69) is 11.4 Å². The third-order valence-electron chi connectivity index (χ3n) is 3.48. The molecule has 1 unspecified atom stereocenters. The van der Waals surface area contributed by atoms with Crippen molar-refractivity contribution in [3.63, 3.8) is 0 Å². The van der Waals surface area contributed by atoms with Crippen LogP contribution in [0, 0.1) is 5.92 Å². The molecule has 0 aliphatic heterocycles. The molecule has 1 saturated carbocycles. The van der Waals surface area contributed by atoms with Gasteiger partial charge < -0.3 is 19.9 Å². The fraction of sp³-hybridized carbons (Fsp3) is 0.625. The number of nitrogens with one attached hydrogen (secondary N) is 1. The first kappa shape index (κ1) is 15.3. The van der Waals surface area contributed by atoms with Crippen LogP contribution in [0.1, 0.15) is 18.4 Å². The molecular formula is C16H25NO3. The second-order valence-electron chi connectivity index (χ2n) is 5.42. The van der Waals surface area contributed by atoms with E-state index in [0.717, 1.165) is 24.6 Å². The van der Waals surface area contributed by atoms with Gasteiger partial charge in [-0.2, -0.15) is 0 Å². The highest BCUT2D eigenvalue weighted by molar-refractivity contribution is 5.51. The number of rotatable bonds is 10. The summed E-state index contributed by atoms with van der Waals surface area (Å²) in [4.78, 5) is 0. The summed E-state index contributed by atoms with van der Waals surface area (Å²) in [5, 5.41) is 13.2. The Hall–Kier alpha value is -1.10.